The average Bonchev–Trinajstić information content (AvgIpc) is 2.77. The Hall–Kier alpha value is -2.96. The summed E-state index contributed by atoms with van der Waals surface area (Å²) in [5, 5.41) is 8.76. The molecule has 0 atom stereocenters. The molecular formula is C20H21N3O5S. The average molecular weight is 415 g/mol. The Balaban J connectivity index is 1.41. The zero-order chi connectivity index (χ0) is 20.7. The first-order valence-electron chi connectivity index (χ1n) is 9.20. The van der Waals surface area contributed by atoms with Crippen LogP contribution < -0.4 is 4.74 Å². The van der Waals surface area contributed by atoms with Crippen molar-refractivity contribution in [3.05, 3.63) is 54.4 Å². The van der Waals surface area contributed by atoms with Crippen LogP contribution in [0.5, 0.6) is 5.75 Å². The molecule has 0 unspecified atom stereocenters. The molecule has 0 N–H and O–H groups in total. The second kappa shape index (κ2) is 9.49. The van der Waals surface area contributed by atoms with Crippen LogP contribution in [0.25, 0.3) is 0 Å². The summed E-state index contributed by atoms with van der Waals surface area (Å²) in [6.07, 6.45) is 3.67. The molecule has 0 bridgehead atoms. The van der Waals surface area contributed by atoms with Crippen molar-refractivity contribution in [1.29, 1.82) is 5.26 Å². The molecule has 9 heteroatoms. The molecule has 1 saturated heterocycles. The molecule has 1 aromatic carbocycles. The van der Waals surface area contributed by atoms with Crippen molar-refractivity contribution < 1.29 is 22.7 Å². The number of pyridine rings is 1. The maximum atomic E-state index is 12.6. The number of carbonyl (C=O) groups is 1. The van der Waals surface area contributed by atoms with E-state index in [4.69, 9.17) is 14.7 Å². The minimum atomic E-state index is -3.59. The monoisotopic (exact) mass is 415 g/mol. The molecule has 1 aliphatic heterocycles. The van der Waals surface area contributed by atoms with Gasteiger partial charge in [0.15, 0.2) is 0 Å². The molecule has 0 aliphatic carbocycles. The van der Waals surface area contributed by atoms with Crippen LogP contribution in [0.1, 0.15) is 18.4 Å². The van der Waals surface area contributed by atoms with E-state index in [9.17, 15) is 13.2 Å². The van der Waals surface area contributed by atoms with Gasteiger partial charge in [0.05, 0.1) is 17.6 Å². The van der Waals surface area contributed by atoms with Gasteiger partial charge in [0.2, 0.25) is 10.0 Å². The number of carbonyl (C=O) groups excluding carboxylic acids is 1. The number of nitriles is 1. The molecule has 1 fully saturated rings. The van der Waals surface area contributed by atoms with Gasteiger partial charge in [0.1, 0.15) is 23.9 Å². The lowest BCUT2D eigenvalue weighted by atomic mass is 9.98. The SMILES string of the molecule is N#Cc1ccc(OCCOC(=O)C2CCN(S(=O)(=O)c3cccnc3)CC2)cc1. The first kappa shape index (κ1) is 20.8. The third-order valence-corrected chi connectivity index (χ3v) is 6.52. The number of benzene rings is 1. The van der Waals surface area contributed by atoms with E-state index in [1.54, 1.807) is 30.3 Å². The molecule has 3 rings (SSSR count). The van der Waals surface area contributed by atoms with Crippen molar-refractivity contribution in [2.75, 3.05) is 26.3 Å². The quantitative estimate of drug-likeness (QED) is 0.502. The van der Waals surface area contributed by atoms with Crippen molar-refractivity contribution in [3.8, 4) is 11.8 Å². The van der Waals surface area contributed by atoms with Gasteiger partial charge in [-0.25, -0.2) is 8.42 Å². The fourth-order valence-electron chi connectivity index (χ4n) is 3.03. The number of hydrogen-bond acceptors (Lipinski definition) is 7. The number of esters is 1. The van der Waals surface area contributed by atoms with Crippen LogP contribution in [-0.4, -0.2) is 50.0 Å². The molecular weight excluding hydrogens is 394 g/mol. The van der Waals surface area contributed by atoms with Crippen molar-refractivity contribution in [2.45, 2.75) is 17.7 Å². The molecule has 0 saturated carbocycles. The normalized spacial score (nSPS) is 15.4. The molecule has 29 heavy (non-hydrogen) atoms. The smallest absolute Gasteiger partial charge is 0.309 e. The van der Waals surface area contributed by atoms with E-state index in [2.05, 4.69) is 4.98 Å². The molecule has 152 valence electrons. The lowest BCUT2D eigenvalue weighted by molar-refractivity contribution is -0.150. The number of sulfonamides is 1. The summed E-state index contributed by atoms with van der Waals surface area (Å²) >= 11 is 0. The highest BCUT2D eigenvalue weighted by molar-refractivity contribution is 7.89. The second-order valence-electron chi connectivity index (χ2n) is 6.52. The fourth-order valence-corrected chi connectivity index (χ4v) is 4.46. The summed E-state index contributed by atoms with van der Waals surface area (Å²) in [7, 11) is -3.59. The highest BCUT2D eigenvalue weighted by Crippen LogP contribution is 2.24. The zero-order valence-electron chi connectivity index (χ0n) is 15.7. The minimum Gasteiger partial charge on any atom is -0.490 e. The van der Waals surface area contributed by atoms with Crippen LogP contribution in [-0.2, 0) is 19.6 Å². The third kappa shape index (κ3) is 5.31. The number of rotatable bonds is 7. The summed E-state index contributed by atoms with van der Waals surface area (Å²) in [5.41, 5.74) is 0.542. The van der Waals surface area contributed by atoms with Crippen LogP contribution >= 0.6 is 0 Å². The third-order valence-electron chi connectivity index (χ3n) is 4.64. The van der Waals surface area contributed by atoms with Gasteiger partial charge in [-0.05, 0) is 49.2 Å². The largest absolute Gasteiger partial charge is 0.490 e. The summed E-state index contributed by atoms with van der Waals surface area (Å²) in [6.45, 7) is 0.830. The summed E-state index contributed by atoms with van der Waals surface area (Å²) in [4.78, 5) is 16.2. The van der Waals surface area contributed by atoms with Crippen LogP contribution in [0, 0.1) is 17.2 Å². The Morgan fingerprint density at radius 1 is 1.17 bits per heavy atom. The molecule has 2 heterocycles. The van der Waals surface area contributed by atoms with Crippen LogP contribution in [0.15, 0.2) is 53.7 Å². The second-order valence-corrected chi connectivity index (χ2v) is 8.46. The Morgan fingerprint density at radius 3 is 2.52 bits per heavy atom. The number of ether oxygens (including phenoxy) is 2. The summed E-state index contributed by atoms with van der Waals surface area (Å²) < 4.78 is 37.3. The number of hydrogen-bond donors (Lipinski definition) is 0. The number of aromatic nitrogens is 1. The van der Waals surface area contributed by atoms with Gasteiger partial charge in [0.25, 0.3) is 0 Å². The Morgan fingerprint density at radius 2 is 1.90 bits per heavy atom. The fraction of sp³-hybridized carbons (Fsp3) is 0.350. The molecule has 2 aromatic rings. The van der Waals surface area contributed by atoms with Gasteiger partial charge in [-0.1, -0.05) is 0 Å². The highest BCUT2D eigenvalue weighted by atomic mass is 32.2. The van der Waals surface area contributed by atoms with Crippen LogP contribution in [0.2, 0.25) is 0 Å². The van der Waals surface area contributed by atoms with Crippen molar-refractivity contribution in [1.82, 2.24) is 9.29 Å². The van der Waals surface area contributed by atoms with Gasteiger partial charge in [-0.15, -0.1) is 0 Å². The van der Waals surface area contributed by atoms with Crippen LogP contribution in [0.3, 0.4) is 0 Å². The standard InChI is InChI=1S/C20H21N3O5S/c21-14-16-3-5-18(6-4-16)27-12-13-28-20(24)17-7-10-23(11-8-17)29(25,26)19-2-1-9-22-15-19/h1-6,9,15,17H,7-8,10-13H2. The van der Waals surface area contributed by atoms with Crippen LogP contribution in [0.4, 0.5) is 0 Å². The summed E-state index contributed by atoms with van der Waals surface area (Å²) in [5.74, 6) is -0.0777. The maximum absolute atomic E-state index is 12.6. The lowest BCUT2D eigenvalue weighted by Crippen LogP contribution is -2.40. The Kier molecular flexibility index (Phi) is 6.80. The van der Waals surface area contributed by atoms with Crippen molar-refractivity contribution in [3.63, 3.8) is 0 Å². The molecule has 1 aromatic heterocycles. The number of piperidine rings is 1. The van der Waals surface area contributed by atoms with Gasteiger partial charge < -0.3 is 9.47 Å². The maximum Gasteiger partial charge on any atom is 0.309 e. The van der Waals surface area contributed by atoms with E-state index in [-0.39, 0.29) is 43.1 Å². The number of nitrogens with zero attached hydrogens (tertiary/aromatic N) is 3. The lowest BCUT2D eigenvalue weighted by Gasteiger charge is -2.30. The predicted molar refractivity (Wildman–Crippen MR) is 103 cm³/mol. The molecule has 1 aliphatic rings. The molecule has 0 amide bonds. The van der Waals surface area contributed by atoms with Crippen molar-refractivity contribution in [2.24, 2.45) is 5.92 Å². The molecule has 0 spiro atoms. The Labute approximate surface area is 169 Å². The van der Waals surface area contributed by atoms with Crippen molar-refractivity contribution >= 4 is 16.0 Å². The van der Waals surface area contributed by atoms with E-state index < -0.39 is 10.0 Å². The minimum absolute atomic E-state index is 0.104. The molecule has 8 nitrogen and oxygen atoms in total. The van der Waals surface area contributed by atoms with Gasteiger partial charge in [0, 0.05) is 25.5 Å². The van der Waals surface area contributed by atoms with E-state index in [0.717, 1.165) is 0 Å². The predicted octanol–water partition coefficient (Wildman–Crippen LogP) is 1.98. The topological polar surface area (TPSA) is 110 Å². The van der Waals surface area contributed by atoms with E-state index in [1.165, 1.54) is 22.8 Å². The zero-order valence-corrected chi connectivity index (χ0v) is 16.5. The van der Waals surface area contributed by atoms with E-state index in [0.29, 0.717) is 24.2 Å². The first-order valence-corrected chi connectivity index (χ1v) is 10.6. The molecule has 0 radical (unpaired) electrons. The first-order chi connectivity index (χ1) is 14.0. The highest BCUT2D eigenvalue weighted by Gasteiger charge is 2.32. The van der Waals surface area contributed by atoms with Gasteiger partial charge in [-0.2, -0.15) is 9.57 Å². The van der Waals surface area contributed by atoms with Gasteiger partial charge >= 0.3 is 5.97 Å². The van der Waals surface area contributed by atoms with E-state index in [1.807, 2.05) is 6.07 Å². The van der Waals surface area contributed by atoms with Gasteiger partial charge in [-0.3, -0.25) is 9.78 Å². The van der Waals surface area contributed by atoms with E-state index >= 15 is 0 Å². The summed E-state index contributed by atoms with van der Waals surface area (Å²) in [6, 6.07) is 11.8. The Bertz CT molecular complexity index is 963.